The van der Waals surface area contributed by atoms with Gasteiger partial charge in [-0.1, -0.05) is 38.2 Å². The molecule has 1 aliphatic carbocycles. The van der Waals surface area contributed by atoms with Gasteiger partial charge in [-0.2, -0.15) is 0 Å². The van der Waals surface area contributed by atoms with Crippen molar-refractivity contribution >= 4 is 23.6 Å². The third-order valence-electron chi connectivity index (χ3n) is 7.75. The van der Waals surface area contributed by atoms with E-state index >= 15 is 0 Å². The van der Waals surface area contributed by atoms with E-state index in [0.717, 1.165) is 6.08 Å². The highest BCUT2D eigenvalue weighted by atomic mass is 16.6. The number of aliphatic hydroxyl groups is 1. The minimum absolute atomic E-state index is 0.0759. The number of primary amides is 1. The number of nitrogens with one attached hydrogen (secondary N) is 2. The third-order valence-corrected chi connectivity index (χ3v) is 7.75. The number of carbonyl (C=O) groups excluding carboxylic acids is 4. The van der Waals surface area contributed by atoms with E-state index in [2.05, 4.69) is 10.6 Å². The molecule has 5 N–H and O–H groups in total. The number of nitrogens with two attached hydrogens (primary N) is 1. The predicted octanol–water partition coefficient (Wildman–Crippen LogP) is 1.93. The van der Waals surface area contributed by atoms with Gasteiger partial charge in [0.2, 0.25) is 11.6 Å². The molecule has 6 atom stereocenters. The molecule has 45 heavy (non-hydrogen) atoms. The highest BCUT2D eigenvalue weighted by Crippen LogP contribution is 2.29. The summed E-state index contributed by atoms with van der Waals surface area (Å²) >= 11 is 0. The maximum atomic E-state index is 13.7. The van der Waals surface area contributed by atoms with Crippen molar-refractivity contribution in [3.8, 4) is 0 Å². The Labute approximate surface area is 265 Å². The summed E-state index contributed by atoms with van der Waals surface area (Å²) < 4.78 is 16.0. The van der Waals surface area contributed by atoms with E-state index in [0.29, 0.717) is 12.0 Å². The number of carbonyl (C=O) groups is 4. The van der Waals surface area contributed by atoms with E-state index in [4.69, 9.17) is 19.9 Å². The number of hydroxylamine groups is 3. The van der Waals surface area contributed by atoms with Crippen LogP contribution in [0.15, 0.2) is 58.5 Å². The van der Waals surface area contributed by atoms with Gasteiger partial charge in [-0.3, -0.25) is 14.4 Å². The van der Waals surface area contributed by atoms with Crippen molar-refractivity contribution in [2.75, 3.05) is 41.4 Å². The first kappa shape index (κ1) is 37.6. The summed E-state index contributed by atoms with van der Waals surface area (Å²) in [4.78, 5) is 51.8. The Kier molecular flexibility index (Phi) is 13.9. The average molecular weight is 633 g/mol. The number of hydrogen-bond acceptors (Lipinski definition) is 10. The number of hydrogen-bond donors (Lipinski definition) is 4. The largest absolute Gasteiger partial charge is 0.633 e. The smallest absolute Gasteiger partial charge is 0.405 e. The molecule has 0 radical (unpaired) electrons. The first-order valence-electron chi connectivity index (χ1n) is 14.8. The number of Topliss-reactive ketones (excluding diaryl/α,β-unsaturated/α-hetero) is 1. The Balaban J connectivity index is 2.60. The van der Waals surface area contributed by atoms with Crippen LogP contribution in [0.5, 0.6) is 0 Å². The normalized spacial score (nSPS) is 30.8. The summed E-state index contributed by atoms with van der Waals surface area (Å²) in [5, 5.41) is 28.9. The molecule has 2 rings (SSSR count). The van der Waals surface area contributed by atoms with Crippen molar-refractivity contribution in [1.29, 1.82) is 0 Å². The fourth-order valence-corrected chi connectivity index (χ4v) is 5.23. The number of likely N-dealkylation sites (N-methyl/N-ethyl adjacent to an activating group) is 1. The van der Waals surface area contributed by atoms with Gasteiger partial charge < -0.3 is 45.5 Å². The van der Waals surface area contributed by atoms with E-state index in [1.165, 1.54) is 47.4 Å². The molecule has 0 saturated carbocycles. The molecule has 2 amide bonds. The fourth-order valence-electron chi connectivity index (χ4n) is 5.23. The first-order valence-corrected chi connectivity index (χ1v) is 14.8. The molecule has 0 saturated heterocycles. The lowest BCUT2D eigenvalue weighted by molar-refractivity contribution is -0.838. The Hall–Kier alpha value is -3.62. The van der Waals surface area contributed by atoms with Crippen LogP contribution in [0.3, 0.4) is 0 Å². The van der Waals surface area contributed by atoms with E-state index in [1.54, 1.807) is 26.0 Å². The van der Waals surface area contributed by atoms with Crippen LogP contribution in [-0.4, -0.2) is 99.1 Å². The van der Waals surface area contributed by atoms with Crippen molar-refractivity contribution < 1.29 is 43.1 Å². The van der Waals surface area contributed by atoms with Crippen LogP contribution in [0, 0.1) is 17.0 Å². The summed E-state index contributed by atoms with van der Waals surface area (Å²) in [5.74, 6) is -2.36. The van der Waals surface area contributed by atoms with Crippen LogP contribution in [0.25, 0.3) is 0 Å². The summed E-state index contributed by atoms with van der Waals surface area (Å²) in [6.45, 7) is 7.21. The number of methoxy groups -OCH3 is 2. The summed E-state index contributed by atoms with van der Waals surface area (Å²) in [6, 6.07) is 0. The van der Waals surface area contributed by atoms with Crippen molar-refractivity contribution in [2.24, 2.45) is 17.6 Å². The zero-order valence-electron chi connectivity index (χ0n) is 27.4. The van der Waals surface area contributed by atoms with E-state index in [-0.39, 0.29) is 48.0 Å². The zero-order chi connectivity index (χ0) is 34.1. The maximum Gasteiger partial charge on any atom is 0.405 e. The lowest BCUT2D eigenvalue weighted by Gasteiger charge is -2.34. The molecule has 0 aromatic carbocycles. The quantitative estimate of drug-likeness (QED) is 0.140. The Morgan fingerprint density at radius 1 is 1.18 bits per heavy atom. The number of rotatable bonds is 7. The molecule has 2 bridgehead atoms. The summed E-state index contributed by atoms with van der Waals surface area (Å²) in [6.07, 6.45) is 3.47. The molecule has 0 fully saturated rings. The minimum Gasteiger partial charge on any atom is -0.633 e. The van der Waals surface area contributed by atoms with Gasteiger partial charge in [0.05, 0.1) is 50.8 Å². The third kappa shape index (κ3) is 11.0. The van der Waals surface area contributed by atoms with Crippen LogP contribution in [0.1, 0.15) is 40.5 Å². The van der Waals surface area contributed by atoms with Crippen molar-refractivity contribution in [3.05, 3.63) is 63.7 Å². The predicted molar refractivity (Wildman–Crippen MR) is 168 cm³/mol. The SMILES string of the molecule is CO[C@H]1/C=C\C=C(/C)C(=O)NC2=CC(=O)C(NCC[N+](C)(C)[O-])=C(C[C@@H](C)C[C@H](OC)[C@H](O)[C@@H](C)/C=C(\C)[C@@H]1OC(N)=O)C2=O. The topological polar surface area (TPSA) is 189 Å². The maximum absolute atomic E-state index is 13.7. The highest BCUT2D eigenvalue weighted by molar-refractivity contribution is 6.23. The summed E-state index contributed by atoms with van der Waals surface area (Å²) in [5.41, 5.74) is 6.21. The van der Waals surface area contributed by atoms with E-state index in [1.807, 2.05) is 6.92 Å². The number of nitrogens with zero attached hydrogens (tertiary/aromatic N) is 1. The molecule has 1 aliphatic heterocycles. The van der Waals surface area contributed by atoms with Gasteiger partial charge in [-0.25, -0.2) is 4.79 Å². The van der Waals surface area contributed by atoms with Crippen LogP contribution in [-0.2, 0) is 28.6 Å². The van der Waals surface area contributed by atoms with Gasteiger partial charge in [0, 0.05) is 37.4 Å². The number of aliphatic hydroxyl groups excluding tert-OH is 1. The Bertz CT molecular complexity index is 1280. The first-order chi connectivity index (χ1) is 21.0. The molecule has 0 aromatic rings. The fraction of sp³-hybridized carbons (Fsp3) is 0.562. The molecule has 0 unspecified atom stereocenters. The standard InChI is InChI=1S/C32H48N4O9/c1-18-14-22-27(34-12-13-36(5,6)42)24(37)17-23(29(22)39)35-31(40)19(2)10-9-11-25(43-7)30(45-32(33)41)21(4)16-20(3)28(38)26(15-18)44-8/h9-11,16-18,20,25-26,28,30,34,38H,12-15H2,1-8H3,(H2,33,41)(H,35,40)/b11-9-,19-10+,21-16+/t18-,20+,25+,26+,28-,30+/m1/s1. The number of ketones is 2. The zero-order valence-corrected chi connectivity index (χ0v) is 27.4. The number of amides is 2. The molecular formula is C32H48N4O9. The molecule has 13 nitrogen and oxygen atoms in total. The van der Waals surface area contributed by atoms with Gasteiger partial charge in [-0.05, 0) is 38.2 Å². The van der Waals surface area contributed by atoms with Gasteiger partial charge in [0.1, 0.15) is 6.10 Å². The van der Waals surface area contributed by atoms with Gasteiger partial charge >= 0.3 is 6.09 Å². The minimum atomic E-state index is -1.01. The monoisotopic (exact) mass is 632 g/mol. The second-order valence-electron chi connectivity index (χ2n) is 12.2. The molecule has 250 valence electrons. The molecule has 2 aliphatic rings. The van der Waals surface area contributed by atoms with Gasteiger partial charge in [0.15, 0.2) is 6.10 Å². The number of quaternary nitrogens is 1. The van der Waals surface area contributed by atoms with Crippen LogP contribution in [0.4, 0.5) is 4.79 Å². The summed E-state index contributed by atoms with van der Waals surface area (Å²) in [7, 11) is 5.84. The number of ether oxygens (including phenoxy) is 3. The van der Waals surface area contributed by atoms with Crippen LogP contribution in [0.2, 0.25) is 0 Å². The van der Waals surface area contributed by atoms with Crippen molar-refractivity contribution in [3.63, 3.8) is 0 Å². The number of fused-ring (bicyclic) bond motifs is 2. The molecule has 1 heterocycles. The Morgan fingerprint density at radius 3 is 2.42 bits per heavy atom. The molecule has 0 aromatic heterocycles. The van der Waals surface area contributed by atoms with Crippen molar-refractivity contribution in [2.45, 2.75) is 65.0 Å². The second kappa shape index (κ2) is 16.6. The van der Waals surface area contributed by atoms with Crippen LogP contribution < -0.4 is 16.4 Å². The number of allylic oxidation sites excluding steroid dienone is 4. The van der Waals surface area contributed by atoms with Gasteiger partial charge in [0.25, 0.3) is 5.91 Å². The van der Waals surface area contributed by atoms with E-state index in [9.17, 15) is 29.5 Å². The average Bonchev–Trinajstić information content (AvgIpc) is 2.95. The lowest BCUT2D eigenvalue weighted by Crippen LogP contribution is -2.41. The lowest BCUT2D eigenvalue weighted by atomic mass is 9.85. The van der Waals surface area contributed by atoms with Crippen LogP contribution >= 0.6 is 0 Å². The molecule has 13 heteroatoms. The Morgan fingerprint density at radius 2 is 1.84 bits per heavy atom. The molecule has 0 spiro atoms. The van der Waals surface area contributed by atoms with Gasteiger partial charge in [-0.15, -0.1) is 0 Å². The van der Waals surface area contributed by atoms with E-state index < -0.39 is 58.5 Å². The van der Waals surface area contributed by atoms with Crippen molar-refractivity contribution in [1.82, 2.24) is 10.6 Å². The molecular weight excluding hydrogens is 584 g/mol. The second-order valence-corrected chi connectivity index (χ2v) is 12.2. The highest BCUT2D eigenvalue weighted by Gasteiger charge is 2.33.